The van der Waals surface area contributed by atoms with Gasteiger partial charge in [-0.15, -0.1) is 0 Å². The van der Waals surface area contributed by atoms with E-state index in [0.717, 1.165) is 39.1 Å². The number of aryl methyl sites for hydroxylation is 1. The summed E-state index contributed by atoms with van der Waals surface area (Å²) >= 11 is 0. The van der Waals surface area contributed by atoms with Gasteiger partial charge in [0.15, 0.2) is 0 Å². The molecule has 3 aromatic carbocycles. The van der Waals surface area contributed by atoms with Gasteiger partial charge in [-0.25, -0.2) is 4.98 Å². The smallest absolute Gasteiger partial charge is 0.149 e. The van der Waals surface area contributed by atoms with E-state index in [1.807, 2.05) is 48.7 Å². The topological polar surface area (TPSA) is 31.0 Å². The Hall–Kier alpha value is -3.33. The van der Waals surface area contributed by atoms with Crippen LogP contribution in [-0.2, 0) is 0 Å². The van der Waals surface area contributed by atoms with Crippen LogP contribution in [0.5, 0.6) is 0 Å². The first-order valence-corrected chi connectivity index (χ1v) is 8.32. The van der Waals surface area contributed by atoms with E-state index in [4.69, 9.17) is 9.40 Å². The highest BCUT2D eigenvalue weighted by molar-refractivity contribution is 5.95. The number of para-hydroxylation sites is 3. The van der Waals surface area contributed by atoms with Crippen LogP contribution >= 0.6 is 0 Å². The predicted octanol–water partition coefficient (Wildman–Crippen LogP) is 5.75. The van der Waals surface area contributed by atoms with Crippen molar-refractivity contribution in [1.82, 2.24) is 9.55 Å². The molecule has 0 saturated heterocycles. The summed E-state index contributed by atoms with van der Waals surface area (Å²) in [6, 6.07) is 24.8. The molecule has 0 N–H and O–H groups in total. The maximum atomic E-state index is 5.79. The summed E-state index contributed by atoms with van der Waals surface area (Å²) < 4.78 is 7.99. The summed E-state index contributed by atoms with van der Waals surface area (Å²) in [7, 11) is 0. The Morgan fingerprint density at radius 1 is 0.880 bits per heavy atom. The van der Waals surface area contributed by atoms with Crippen molar-refractivity contribution in [2.45, 2.75) is 6.92 Å². The first-order valence-electron chi connectivity index (χ1n) is 8.32. The number of aromatic nitrogens is 2. The van der Waals surface area contributed by atoms with Crippen LogP contribution < -0.4 is 0 Å². The van der Waals surface area contributed by atoms with Crippen molar-refractivity contribution in [3.8, 4) is 17.1 Å². The number of hydrogen-bond acceptors (Lipinski definition) is 2. The van der Waals surface area contributed by atoms with Crippen molar-refractivity contribution in [2.75, 3.05) is 0 Å². The predicted molar refractivity (Wildman–Crippen MR) is 101 cm³/mol. The van der Waals surface area contributed by atoms with E-state index in [1.54, 1.807) is 0 Å². The normalized spacial score (nSPS) is 11.4. The first kappa shape index (κ1) is 14.1. The molecule has 0 bridgehead atoms. The number of furan rings is 1. The molecule has 5 rings (SSSR count). The number of nitrogens with zero attached hydrogens (tertiary/aromatic N) is 2. The van der Waals surface area contributed by atoms with Crippen LogP contribution in [0.1, 0.15) is 5.56 Å². The highest BCUT2D eigenvalue weighted by Gasteiger charge is 2.18. The molecule has 0 unspecified atom stereocenters. The van der Waals surface area contributed by atoms with Gasteiger partial charge in [-0.1, -0.05) is 42.0 Å². The monoisotopic (exact) mass is 324 g/mol. The molecule has 0 aliphatic carbocycles. The fourth-order valence-corrected chi connectivity index (χ4v) is 3.36. The number of imidazole rings is 1. The lowest BCUT2D eigenvalue weighted by atomic mass is 10.1. The molecular formula is C22H16N2O. The van der Waals surface area contributed by atoms with Crippen molar-refractivity contribution in [2.24, 2.45) is 0 Å². The second-order valence-electron chi connectivity index (χ2n) is 6.24. The fraction of sp³-hybridized carbons (Fsp3) is 0.0455. The molecule has 2 heterocycles. The van der Waals surface area contributed by atoms with Gasteiger partial charge in [0.1, 0.15) is 17.7 Å². The van der Waals surface area contributed by atoms with Gasteiger partial charge in [-0.05, 0) is 43.3 Å². The highest BCUT2D eigenvalue weighted by Crippen LogP contribution is 2.34. The van der Waals surface area contributed by atoms with Crippen LogP contribution in [0.25, 0.3) is 39.1 Å². The second-order valence-corrected chi connectivity index (χ2v) is 6.24. The van der Waals surface area contributed by atoms with Crippen LogP contribution in [0.3, 0.4) is 0 Å². The Kier molecular flexibility index (Phi) is 3.01. The van der Waals surface area contributed by atoms with E-state index < -0.39 is 0 Å². The Bertz CT molecular complexity index is 1200. The minimum absolute atomic E-state index is 0.882. The van der Waals surface area contributed by atoms with E-state index in [0.29, 0.717) is 0 Å². The minimum atomic E-state index is 0.882. The van der Waals surface area contributed by atoms with Gasteiger partial charge < -0.3 is 4.42 Å². The molecule has 0 atom stereocenters. The summed E-state index contributed by atoms with van der Waals surface area (Å²) in [6.07, 6.45) is 1.81. The van der Waals surface area contributed by atoms with Crippen LogP contribution in [0.4, 0.5) is 0 Å². The highest BCUT2D eigenvalue weighted by atomic mass is 16.3. The molecule has 0 aliphatic rings. The first-order chi connectivity index (χ1) is 12.3. The Balaban J connectivity index is 1.88. The van der Waals surface area contributed by atoms with Crippen LogP contribution in [0, 0.1) is 6.92 Å². The van der Waals surface area contributed by atoms with Crippen molar-refractivity contribution < 1.29 is 4.42 Å². The maximum Gasteiger partial charge on any atom is 0.149 e. The largest absolute Gasteiger partial charge is 0.464 e. The van der Waals surface area contributed by atoms with E-state index >= 15 is 0 Å². The third-order valence-electron chi connectivity index (χ3n) is 4.55. The zero-order chi connectivity index (χ0) is 16.8. The van der Waals surface area contributed by atoms with Crippen LogP contribution in [-0.4, -0.2) is 9.55 Å². The molecule has 2 aromatic heterocycles. The fourth-order valence-electron chi connectivity index (χ4n) is 3.36. The molecule has 0 radical (unpaired) electrons. The Morgan fingerprint density at radius 3 is 2.56 bits per heavy atom. The summed E-state index contributed by atoms with van der Waals surface area (Å²) in [5.41, 5.74) is 6.26. The second kappa shape index (κ2) is 5.35. The summed E-state index contributed by atoms with van der Waals surface area (Å²) in [5.74, 6) is 0.900. The number of benzene rings is 3. The molecular weight excluding hydrogens is 308 g/mol. The van der Waals surface area contributed by atoms with Crippen molar-refractivity contribution in [3.63, 3.8) is 0 Å². The molecule has 3 nitrogen and oxygen atoms in total. The van der Waals surface area contributed by atoms with Gasteiger partial charge in [0.05, 0.1) is 16.6 Å². The van der Waals surface area contributed by atoms with E-state index in [2.05, 4.69) is 41.8 Å². The molecule has 0 spiro atoms. The minimum Gasteiger partial charge on any atom is -0.464 e. The average Bonchev–Trinajstić information content (AvgIpc) is 3.22. The molecule has 3 heteroatoms. The Morgan fingerprint density at radius 2 is 1.68 bits per heavy atom. The molecule has 5 aromatic rings. The third-order valence-corrected chi connectivity index (χ3v) is 4.55. The van der Waals surface area contributed by atoms with E-state index in [9.17, 15) is 0 Å². The van der Waals surface area contributed by atoms with Crippen molar-refractivity contribution in [3.05, 3.63) is 84.6 Å². The zero-order valence-electron chi connectivity index (χ0n) is 13.8. The van der Waals surface area contributed by atoms with E-state index in [-0.39, 0.29) is 0 Å². The lowest BCUT2D eigenvalue weighted by Gasteiger charge is -2.08. The summed E-state index contributed by atoms with van der Waals surface area (Å²) in [6.45, 7) is 2.09. The standard InChI is InChI=1S/C22H16N2O/c1-15-11-12-21-17(13-15)18(14-25-21)22-23-19-9-5-6-10-20(19)24(22)16-7-3-2-4-8-16/h2-14H,1H3. The quantitative estimate of drug-likeness (QED) is 0.414. The molecule has 0 aliphatic heterocycles. The molecule has 25 heavy (non-hydrogen) atoms. The zero-order valence-corrected chi connectivity index (χ0v) is 13.8. The average molecular weight is 324 g/mol. The number of hydrogen-bond donors (Lipinski definition) is 0. The van der Waals surface area contributed by atoms with Gasteiger partial charge in [0.2, 0.25) is 0 Å². The third kappa shape index (κ3) is 2.17. The van der Waals surface area contributed by atoms with Gasteiger partial charge in [-0.2, -0.15) is 0 Å². The molecule has 0 amide bonds. The SMILES string of the molecule is Cc1ccc2occ(-c3nc4ccccc4n3-c3ccccc3)c2c1. The van der Waals surface area contributed by atoms with Gasteiger partial charge in [-0.3, -0.25) is 4.57 Å². The molecule has 0 fully saturated rings. The Labute approximate surface area is 145 Å². The van der Waals surface area contributed by atoms with Crippen LogP contribution in [0.2, 0.25) is 0 Å². The van der Waals surface area contributed by atoms with Gasteiger partial charge in [0.25, 0.3) is 0 Å². The summed E-state index contributed by atoms with van der Waals surface area (Å²) in [4.78, 5) is 4.91. The van der Waals surface area contributed by atoms with Gasteiger partial charge in [0, 0.05) is 11.1 Å². The van der Waals surface area contributed by atoms with Crippen molar-refractivity contribution >= 4 is 22.0 Å². The number of rotatable bonds is 2. The maximum absolute atomic E-state index is 5.79. The molecule has 120 valence electrons. The molecule has 0 saturated carbocycles. The lowest BCUT2D eigenvalue weighted by Crippen LogP contribution is -1.96. The lowest BCUT2D eigenvalue weighted by molar-refractivity contribution is 0.616. The van der Waals surface area contributed by atoms with Gasteiger partial charge >= 0.3 is 0 Å². The number of fused-ring (bicyclic) bond motifs is 2. The van der Waals surface area contributed by atoms with Crippen molar-refractivity contribution in [1.29, 1.82) is 0 Å². The van der Waals surface area contributed by atoms with Crippen LogP contribution in [0.15, 0.2) is 83.5 Å². The van der Waals surface area contributed by atoms with E-state index in [1.165, 1.54) is 5.56 Å². The summed E-state index contributed by atoms with van der Waals surface area (Å²) in [5, 5.41) is 1.09.